The molecule has 0 unspecified atom stereocenters. The van der Waals surface area contributed by atoms with Crippen molar-refractivity contribution in [3.05, 3.63) is 65.0 Å². The average molecular weight is 422 g/mol. The van der Waals surface area contributed by atoms with Crippen LogP contribution in [0.3, 0.4) is 0 Å². The molecule has 148 valence electrons. The minimum atomic E-state index is -3.53. The second kappa shape index (κ2) is 8.72. The van der Waals surface area contributed by atoms with Crippen molar-refractivity contribution in [2.75, 3.05) is 12.9 Å². The highest BCUT2D eigenvalue weighted by Crippen LogP contribution is 2.28. The Kier molecular flexibility index (Phi) is 6.33. The molecule has 0 saturated carbocycles. The van der Waals surface area contributed by atoms with Gasteiger partial charge in [0, 0.05) is 11.6 Å². The molecule has 0 radical (unpaired) electrons. The summed E-state index contributed by atoms with van der Waals surface area (Å²) in [5.41, 5.74) is 1.37. The Balaban J connectivity index is 1.85. The van der Waals surface area contributed by atoms with Gasteiger partial charge < -0.3 is 9.26 Å². The molecule has 0 N–H and O–H groups in total. The normalized spacial score (nSPS) is 11.7. The first kappa shape index (κ1) is 20.3. The fourth-order valence-corrected chi connectivity index (χ4v) is 3.53. The molecule has 0 spiro atoms. The van der Waals surface area contributed by atoms with Gasteiger partial charge in [-0.2, -0.15) is 9.29 Å². The number of ether oxygens (including phenoxy) is 1. The highest BCUT2D eigenvalue weighted by atomic mass is 35.5. The van der Waals surface area contributed by atoms with Crippen molar-refractivity contribution < 1.29 is 17.7 Å². The largest absolute Gasteiger partial charge is 0.493 e. The first-order chi connectivity index (χ1) is 13.4. The molecule has 7 nitrogen and oxygen atoms in total. The summed E-state index contributed by atoms with van der Waals surface area (Å²) in [5, 5.41) is 4.47. The third-order valence-electron chi connectivity index (χ3n) is 3.98. The molecule has 0 aliphatic rings. The zero-order valence-electron chi connectivity index (χ0n) is 15.5. The van der Waals surface area contributed by atoms with Crippen LogP contribution in [0.5, 0.6) is 5.75 Å². The smallest absolute Gasteiger partial charge is 0.242 e. The average Bonchev–Trinajstić information content (AvgIpc) is 3.11. The maximum atomic E-state index is 12.2. The molecule has 0 saturated heterocycles. The lowest BCUT2D eigenvalue weighted by atomic mass is 10.2. The van der Waals surface area contributed by atoms with Crippen LogP contribution in [0.25, 0.3) is 11.4 Å². The molecular formula is C19H20ClN3O4S. The zero-order chi connectivity index (χ0) is 20.1. The van der Waals surface area contributed by atoms with E-state index in [1.165, 1.54) is 4.31 Å². The Morgan fingerprint density at radius 3 is 2.54 bits per heavy atom. The van der Waals surface area contributed by atoms with E-state index in [1.54, 1.807) is 24.3 Å². The van der Waals surface area contributed by atoms with Gasteiger partial charge in [0.15, 0.2) is 0 Å². The van der Waals surface area contributed by atoms with E-state index in [2.05, 4.69) is 10.1 Å². The number of hydrogen-bond acceptors (Lipinski definition) is 6. The molecule has 3 aromatic rings. The van der Waals surface area contributed by atoms with Crippen LogP contribution in [0.4, 0.5) is 0 Å². The predicted octanol–water partition coefficient (Wildman–Crippen LogP) is 3.75. The van der Waals surface area contributed by atoms with Gasteiger partial charge in [0.2, 0.25) is 21.7 Å². The number of sulfonamides is 1. The molecule has 9 heteroatoms. The third-order valence-corrected chi connectivity index (χ3v) is 5.55. The van der Waals surface area contributed by atoms with E-state index in [9.17, 15) is 8.42 Å². The van der Waals surface area contributed by atoms with Crippen molar-refractivity contribution in [1.29, 1.82) is 0 Å². The summed E-state index contributed by atoms with van der Waals surface area (Å²) < 4.78 is 36.6. The standard InChI is InChI=1S/C19H20ClN3O4S/c1-3-26-17-11-7-5-9-15(17)19-21-18(27-22-19)13-23(28(2,24)25)12-14-8-4-6-10-16(14)20/h4-11H,3,12-13H2,1-2H3. The molecule has 28 heavy (non-hydrogen) atoms. The molecule has 0 bridgehead atoms. The highest BCUT2D eigenvalue weighted by molar-refractivity contribution is 7.88. The highest BCUT2D eigenvalue weighted by Gasteiger charge is 2.22. The number of para-hydroxylation sites is 1. The predicted molar refractivity (Wildman–Crippen MR) is 106 cm³/mol. The Morgan fingerprint density at radius 1 is 1.11 bits per heavy atom. The lowest BCUT2D eigenvalue weighted by molar-refractivity contribution is 0.313. The fraction of sp³-hybridized carbons (Fsp3) is 0.263. The third kappa shape index (κ3) is 4.89. The number of rotatable bonds is 8. The van der Waals surface area contributed by atoms with Crippen molar-refractivity contribution in [1.82, 2.24) is 14.4 Å². The van der Waals surface area contributed by atoms with E-state index in [4.69, 9.17) is 20.9 Å². The Hall–Kier alpha value is -2.42. The van der Waals surface area contributed by atoms with Gasteiger partial charge in [0.05, 0.1) is 25.0 Å². The van der Waals surface area contributed by atoms with Crippen molar-refractivity contribution in [2.45, 2.75) is 20.0 Å². The van der Waals surface area contributed by atoms with Crippen LogP contribution in [0.2, 0.25) is 5.02 Å². The molecule has 0 fully saturated rings. The van der Waals surface area contributed by atoms with Crippen molar-refractivity contribution >= 4 is 21.6 Å². The monoisotopic (exact) mass is 421 g/mol. The number of halogens is 1. The molecule has 0 amide bonds. The van der Waals surface area contributed by atoms with Gasteiger partial charge >= 0.3 is 0 Å². The van der Waals surface area contributed by atoms with Crippen LogP contribution in [0.1, 0.15) is 18.4 Å². The summed E-state index contributed by atoms with van der Waals surface area (Å²) in [4.78, 5) is 4.34. The zero-order valence-corrected chi connectivity index (χ0v) is 17.1. The van der Waals surface area contributed by atoms with Crippen LogP contribution >= 0.6 is 11.6 Å². The summed E-state index contributed by atoms with van der Waals surface area (Å²) in [6, 6.07) is 14.4. The van der Waals surface area contributed by atoms with E-state index >= 15 is 0 Å². The molecular weight excluding hydrogens is 402 g/mol. The number of hydrogen-bond donors (Lipinski definition) is 0. The Labute approximate surface area is 168 Å². The minimum absolute atomic E-state index is 0.0616. The van der Waals surface area contributed by atoms with Crippen LogP contribution < -0.4 is 4.74 Å². The van der Waals surface area contributed by atoms with E-state index in [0.29, 0.717) is 34.3 Å². The summed E-state index contributed by atoms with van der Waals surface area (Å²) >= 11 is 6.17. The SMILES string of the molecule is CCOc1ccccc1-c1noc(CN(Cc2ccccc2Cl)S(C)(=O)=O)n1. The van der Waals surface area contributed by atoms with Gasteiger partial charge in [-0.1, -0.05) is 47.1 Å². The molecule has 0 aliphatic carbocycles. The maximum Gasteiger partial charge on any atom is 0.242 e. The summed E-state index contributed by atoms with van der Waals surface area (Å²) in [6.07, 6.45) is 1.13. The number of nitrogens with zero attached hydrogens (tertiary/aromatic N) is 3. The topological polar surface area (TPSA) is 85.5 Å². The second-order valence-corrected chi connectivity index (χ2v) is 8.45. The molecule has 0 atom stereocenters. The van der Waals surface area contributed by atoms with Gasteiger partial charge in [0.25, 0.3) is 0 Å². The quantitative estimate of drug-likeness (QED) is 0.550. The lowest BCUT2D eigenvalue weighted by Crippen LogP contribution is -2.29. The number of aromatic nitrogens is 2. The van der Waals surface area contributed by atoms with Gasteiger partial charge in [-0.15, -0.1) is 0 Å². The van der Waals surface area contributed by atoms with Gasteiger partial charge in [-0.3, -0.25) is 0 Å². The first-order valence-corrected chi connectivity index (χ1v) is 10.8. The van der Waals surface area contributed by atoms with Gasteiger partial charge in [0.1, 0.15) is 5.75 Å². The first-order valence-electron chi connectivity index (χ1n) is 8.61. The molecule has 3 rings (SSSR count). The second-order valence-electron chi connectivity index (χ2n) is 6.06. The summed E-state index contributed by atoms with van der Waals surface area (Å²) in [7, 11) is -3.53. The maximum absolute atomic E-state index is 12.2. The van der Waals surface area contributed by atoms with E-state index in [-0.39, 0.29) is 19.0 Å². The van der Waals surface area contributed by atoms with Crippen molar-refractivity contribution in [3.63, 3.8) is 0 Å². The summed E-state index contributed by atoms with van der Waals surface area (Å²) in [6.45, 7) is 2.43. The van der Waals surface area contributed by atoms with Crippen molar-refractivity contribution in [3.8, 4) is 17.1 Å². The fourth-order valence-electron chi connectivity index (χ4n) is 2.62. The van der Waals surface area contributed by atoms with Crippen LogP contribution in [0, 0.1) is 0 Å². The van der Waals surface area contributed by atoms with Crippen LogP contribution in [-0.4, -0.2) is 35.7 Å². The Bertz CT molecular complexity index is 1050. The van der Waals surface area contributed by atoms with Crippen LogP contribution in [-0.2, 0) is 23.1 Å². The minimum Gasteiger partial charge on any atom is -0.493 e. The molecule has 0 aliphatic heterocycles. The van der Waals surface area contributed by atoms with Gasteiger partial charge in [-0.05, 0) is 30.7 Å². The van der Waals surface area contributed by atoms with E-state index in [0.717, 1.165) is 6.26 Å². The van der Waals surface area contributed by atoms with Crippen LogP contribution in [0.15, 0.2) is 53.1 Å². The lowest BCUT2D eigenvalue weighted by Gasteiger charge is -2.18. The van der Waals surface area contributed by atoms with Gasteiger partial charge in [-0.25, -0.2) is 8.42 Å². The number of benzene rings is 2. The van der Waals surface area contributed by atoms with E-state index < -0.39 is 10.0 Å². The molecule has 2 aromatic carbocycles. The van der Waals surface area contributed by atoms with Crippen molar-refractivity contribution in [2.24, 2.45) is 0 Å². The van der Waals surface area contributed by atoms with E-state index in [1.807, 2.05) is 31.2 Å². The Morgan fingerprint density at radius 2 is 1.82 bits per heavy atom. The molecule has 1 aromatic heterocycles. The molecule has 1 heterocycles. The summed E-state index contributed by atoms with van der Waals surface area (Å²) in [5.74, 6) is 1.15.